The molecule has 1 atom stereocenters. The van der Waals surface area contributed by atoms with Crippen LogP contribution in [0, 0.1) is 0 Å². The predicted octanol–water partition coefficient (Wildman–Crippen LogP) is 3.43. The summed E-state index contributed by atoms with van der Waals surface area (Å²) in [5.74, 6) is 1.36. The van der Waals surface area contributed by atoms with Crippen LogP contribution in [0.5, 0.6) is 5.88 Å². The SMILES string of the molecule is COc1cc(-c2nc(N)c3cc(C(O)c4ccccc4)sc3n2)ccn1. The van der Waals surface area contributed by atoms with Crippen LogP contribution < -0.4 is 10.5 Å². The standard InChI is InChI=1S/C19H16N4O2S/c1-25-15-9-12(7-8-21-15)18-22-17(20)13-10-14(26-19(13)23-18)16(24)11-5-3-2-4-6-11/h2-10,16,24H,1H3,(H2,20,22,23). The molecule has 1 aromatic carbocycles. The van der Waals surface area contributed by atoms with Gasteiger partial charge in [-0.1, -0.05) is 30.3 Å². The Kier molecular flexibility index (Phi) is 4.24. The van der Waals surface area contributed by atoms with Gasteiger partial charge in [0.25, 0.3) is 0 Å². The Morgan fingerprint density at radius 2 is 1.92 bits per heavy atom. The van der Waals surface area contributed by atoms with Crippen LogP contribution in [0.1, 0.15) is 16.5 Å². The lowest BCUT2D eigenvalue weighted by Crippen LogP contribution is -1.97. The van der Waals surface area contributed by atoms with Crippen molar-refractivity contribution in [3.8, 4) is 17.3 Å². The maximum absolute atomic E-state index is 10.6. The molecule has 3 N–H and O–H groups in total. The van der Waals surface area contributed by atoms with Gasteiger partial charge in [0.2, 0.25) is 5.88 Å². The van der Waals surface area contributed by atoms with E-state index >= 15 is 0 Å². The zero-order valence-corrected chi connectivity index (χ0v) is 14.8. The van der Waals surface area contributed by atoms with Crippen molar-refractivity contribution in [2.45, 2.75) is 6.10 Å². The highest BCUT2D eigenvalue weighted by atomic mass is 32.1. The highest BCUT2D eigenvalue weighted by molar-refractivity contribution is 7.18. The number of methoxy groups -OCH3 is 1. The van der Waals surface area contributed by atoms with E-state index in [9.17, 15) is 5.11 Å². The zero-order chi connectivity index (χ0) is 18.1. The summed E-state index contributed by atoms with van der Waals surface area (Å²) in [5, 5.41) is 11.4. The van der Waals surface area contributed by atoms with Crippen molar-refractivity contribution in [1.82, 2.24) is 15.0 Å². The molecule has 0 spiro atoms. The molecule has 0 fully saturated rings. The Hall–Kier alpha value is -3.03. The average Bonchev–Trinajstić information content (AvgIpc) is 3.13. The monoisotopic (exact) mass is 364 g/mol. The summed E-state index contributed by atoms with van der Waals surface area (Å²) in [7, 11) is 1.56. The molecule has 0 amide bonds. The minimum atomic E-state index is -0.723. The van der Waals surface area contributed by atoms with Gasteiger partial charge in [-0.3, -0.25) is 0 Å². The van der Waals surface area contributed by atoms with Gasteiger partial charge in [0.15, 0.2) is 5.82 Å². The second-order valence-electron chi connectivity index (χ2n) is 5.70. The Morgan fingerprint density at radius 1 is 1.12 bits per heavy atom. The van der Waals surface area contributed by atoms with Crippen molar-refractivity contribution in [2.24, 2.45) is 0 Å². The number of aliphatic hydroxyl groups is 1. The number of nitrogen functional groups attached to an aromatic ring is 1. The van der Waals surface area contributed by atoms with Crippen LogP contribution >= 0.6 is 11.3 Å². The minimum absolute atomic E-state index is 0.378. The Morgan fingerprint density at radius 3 is 2.69 bits per heavy atom. The van der Waals surface area contributed by atoms with Crippen molar-refractivity contribution in [2.75, 3.05) is 12.8 Å². The molecule has 0 radical (unpaired) electrons. The van der Waals surface area contributed by atoms with Crippen LogP contribution in [-0.2, 0) is 0 Å². The topological polar surface area (TPSA) is 94.2 Å². The quantitative estimate of drug-likeness (QED) is 0.576. The third kappa shape index (κ3) is 2.98. The molecule has 4 aromatic rings. The molecule has 0 saturated heterocycles. The number of hydrogen-bond acceptors (Lipinski definition) is 7. The number of hydrogen-bond donors (Lipinski definition) is 2. The van der Waals surface area contributed by atoms with Gasteiger partial charge in [0, 0.05) is 22.7 Å². The van der Waals surface area contributed by atoms with E-state index in [1.54, 1.807) is 25.4 Å². The molecule has 3 aromatic heterocycles. The molecule has 7 heteroatoms. The second-order valence-corrected chi connectivity index (χ2v) is 6.76. The first-order chi connectivity index (χ1) is 12.7. The van der Waals surface area contributed by atoms with Gasteiger partial charge in [-0.2, -0.15) is 0 Å². The van der Waals surface area contributed by atoms with Crippen LogP contribution in [-0.4, -0.2) is 27.2 Å². The van der Waals surface area contributed by atoms with Gasteiger partial charge in [0.1, 0.15) is 16.8 Å². The molecule has 0 aliphatic carbocycles. The zero-order valence-electron chi connectivity index (χ0n) is 14.0. The summed E-state index contributed by atoms with van der Waals surface area (Å²) in [4.78, 5) is 14.6. The lowest BCUT2D eigenvalue weighted by atomic mass is 10.1. The third-order valence-corrected chi connectivity index (χ3v) is 5.11. The average molecular weight is 364 g/mol. The molecule has 26 heavy (non-hydrogen) atoms. The van der Waals surface area contributed by atoms with E-state index in [2.05, 4.69) is 15.0 Å². The van der Waals surface area contributed by atoms with Crippen LogP contribution in [0.3, 0.4) is 0 Å². The summed E-state index contributed by atoms with van der Waals surface area (Å²) < 4.78 is 5.15. The van der Waals surface area contributed by atoms with Gasteiger partial charge in [-0.25, -0.2) is 15.0 Å². The van der Waals surface area contributed by atoms with Gasteiger partial charge in [0.05, 0.1) is 12.5 Å². The van der Waals surface area contributed by atoms with Crippen molar-refractivity contribution < 1.29 is 9.84 Å². The van der Waals surface area contributed by atoms with Crippen LogP contribution in [0.4, 0.5) is 5.82 Å². The van der Waals surface area contributed by atoms with E-state index in [1.165, 1.54) is 11.3 Å². The number of rotatable bonds is 4. The maximum Gasteiger partial charge on any atom is 0.213 e. The largest absolute Gasteiger partial charge is 0.481 e. The van der Waals surface area contributed by atoms with Gasteiger partial charge >= 0.3 is 0 Å². The molecule has 0 bridgehead atoms. The Balaban J connectivity index is 1.78. The van der Waals surface area contributed by atoms with Gasteiger partial charge < -0.3 is 15.6 Å². The summed E-state index contributed by atoms with van der Waals surface area (Å²) in [6, 6.07) is 14.9. The summed E-state index contributed by atoms with van der Waals surface area (Å²) in [6.45, 7) is 0. The smallest absolute Gasteiger partial charge is 0.213 e. The molecule has 1 unspecified atom stereocenters. The number of fused-ring (bicyclic) bond motifs is 1. The lowest BCUT2D eigenvalue weighted by Gasteiger charge is -2.07. The molecule has 0 aliphatic rings. The number of nitrogens with two attached hydrogens (primary N) is 1. The first-order valence-electron chi connectivity index (χ1n) is 7.96. The van der Waals surface area contributed by atoms with E-state index in [0.717, 1.165) is 26.2 Å². The predicted molar refractivity (Wildman–Crippen MR) is 102 cm³/mol. The minimum Gasteiger partial charge on any atom is -0.481 e. The summed E-state index contributed by atoms with van der Waals surface area (Å²) in [5.41, 5.74) is 7.74. The van der Waals surface area contributed by atoms with E-state index < -0.39 is 6.10 Å². The fourth-order valence-electron chi connectivity index (χ4n) is 2.69. The molecular weight excluding hydrogens is 348 g/mol. The number of thiophene rings is 1. The molecule has 130 valence electrons. The molecule has 0 aliphatic heterocycles. The molecular formula is C19H16N4O2S. The number of nitrogens with zero attached hydrogens (tertiary/aromatic N) is 3. The Bertz CT molecular complexity index is 1070. The number of aromatic nitrogens is 3. The normalized spacial score (nSPS) is 12.2. The number of benzene rings is 1. The second kappa shape index (κ2) is 6.70. The lowest BCUT2D eigenvalue weighted by molar-refractivity contribution is 0.224. The highest BCUT2D eigenvalue weighted by Gasteiger charge is 2.17. The Labute approximate surface area is 154 Å². The molecule has 3 heterocycles. The molecule has 0 saturated carbocycles. The van der Waals surface area contributed by atoms with Crippen molar-refractivity contribution >= 4 is 27.4 Å². The van der Waals surface area contributed by atoms with Crippen molar-refractivity contribution in [3.63, 3.8) is 0 Å². The maximum atomic E-state index is 10.6. The van der Waals surface area contributed by atoms with Gasteiger partial charge in [-0.15, -0.1) is 11.3 Å². The van der Waals surface area contributed by atoms with Crippen LogP contribution in [0.2, 0.25) is 0 Å². The van der Waals surface area contributed by atoms with E-state index in [1.807, 2.05) is 36.4 Å². The summed E-state index contributed by atoms with van der Waals surface area (Å²) in [6.07, 6.45) is 0.913. The van der Waals surface area contributed by atoms with Crippen molar-refractivity contribution in [3.05, 3.63) is 65.2 Å². The first kappa shape index (κ1) is 16.4. The fraction of sp³-hybridized carbons (Fsp3) is 0.105. The number of anilines is 1. The number of ether oxygens (including phenoxy) is 1. The highest BCUT2D eigenvalue weighted by Crippen LogP contribution is 2.35. The van der Waals surface area contributed by atoms with Gasteiger partial charge in [-0.05, 0) is 17.7 Å². The first-order valence-corrected chi connectivity index (χ1v) is 8.77. The van der Waals surface area contributed by atoms with Crippen LogP contribution in [0.15, 0.2) is 54.7 Å². The number of aliphatic hydroxyl groups excluding tert-OH is 1. The van der Waals surface area contributed by atoms with E-state index in [0.29, 0.717) is 17.5 Å². The molecule has 6 nitrogen and oxygen atoms in total. The number of pyridine rings is 1. The van der Waals surface area contributed by atoms with Crippen molar-refractivity contribution in [1.29, 1.82) is 0 Å². The fourth-order valence-corrected chi connectivity index (χ4v) is 3.74. The van der Waals surface area contributed by atoms with E-state index in [4.69, 9.17) is 10.5 Å². The molecule has 4 rings (SSSR count). The van der Waals surface area contributed by atoms with E-state index in [-0.39, 0.29) is 0 Å². The van der Waals surface area contributed by atoms with Crippen LogP contribution in [0.25, 0.3) is 21.6 Å². The third-order valence-electron chi connectivity index (χ3n) is 4.03. The summed E-state index contributed by atoms with van der Waals surface area (Å²) >= 11 is 1.41.